The highest BCUT2D eigenvalue weighted by atomic mass is 32.1. The van der Waals surface area contributed by atoms with Gasteiger partial charge >= 0.3 is 5.97 Å². The van der Waals surface area contributed by atoms with Crippen LogP contribution in [-0.4, -0.2) is 16.2 Å². The Labute approximate surface area is 139 Å². The van der Waals surface area contributed by atoms with Crippen LogP contribution in [0.5, 0.6) is 0 Å². The number of aliphatic carboxylic acids is 1. The average Bonchev–Trinajstić information content (AvgIpc) is 3.03. The van der Waals surface area contributed by atoms with E-state index in [4.69, 9.17) is 16.6 Å². The van der Waals surface area contributed by atoms with Gasteiger partial charge in [-0.3, -0.25) is 4.79 Å². The summed E-state index contributed by atoms with van der Waals surface area (Å²) in [6, 6.07) is 11.0. The zero-order valence-corrected chi connectivity index (χ0v) is 13.3. The molecule has 1 aromatic carbocycles. The molecule has 0 saturated carbocycles. The fraction of sp³-hybridized carbons (Fsp3) is 0.176. The predicted octanol–water partition coefficient (Wildman–Crippen LogP) is 2.99. The lowest BCUT2D eigenvalue weighted by molar-refractivity contribution is -0.136. The molecule has 2 heterocycles. The summed E-state index contributed by atoms with van der Waals surface area (Å²) in [5.41, 5.74) is 3.43. The van der Waals surface area contributed by atoms with Crippen LogP contribution in [0.2, 0.25) is 0 Å². The maximum Gasteiger partial charge on any atom is 0.307 e. The molecular weight excluding hydrogens is 312 g/mol. The summed E-state index contributed by atoms with van der Waals surface area (Å²) >= 11 is 5.28. The second-order valence-corrected chi connectivity index (χ2v) is 5.79. The SMILES string of the molecule is Cc1ccc(C2=C(CC(=O)O)C(c3ccco3)NC(=S)N2)cc1. The fourth-order valence-electron chi connectivity index (χ4n) is 2.62. The summed E-state index contributed by atoms with van der Waals surface area (Å²) in [7, 11) is 0. The Hall–Kier alpha value is -2.60. The molecule has 1 aliphatic heterocycles. The second-order valence-electron chi connectivity index (χ2n) is 5.38. The first-order valence-electron chi connectivity index (χ1n) is 7.17. The van der Waals surface area contributed by atoms with Crippen LogP contribution in [0.4, 0.5) is 0 Å². The summed E-state index contributed by atoms with van der Waals surface area (Å²) in [5.74, 6) is -0.271. The lowest BCUT2D eigenvalue weighted by Gasteiger charge is -2.30. The first-order valence-corrected chi connectivity index (χ1v) is 7.58. The molecule has 118 valence electrons. The van der Waals surface area contributed by atoms with Gasteiger partial charge in [-0.25, -0.2) is 0 Å². The molecule has 1 aliphatic rings. The van der Waals surface area contributed by atoms with E-state index >= 15 is 0 Å². The Balaban J connectivity index is 2.13. The van der Waals surface area contributed by atoms with Gasteiger partial charge in [-0.15, -0.1) is 0 Å². The van der Waals surface area contributed by atoms with Gasteiger partial charge in [0.2, 0.25) is 0 Å². The predicted molar refractivity (Wildman–Crippen MR) is 90.7 cm³/mol. The number of carboxylic acid groups (broad SMARTS) is 1. The van der Waals surface area contributed by atoms with Crippen molar-refractivity contribution in [2.75, 3.05) is 0 Å². The van der Waals surface area contributed by atoms with E-state index in [1.807, 2.05) is 31.2 Å². The molecule has 6 heteroatoms. The van der Waals surface area contributed by atoms with E-state index in [9.17, 15) is 9.90 Å². The van der Waals surface area contributed by atoms with Crippen molar-refractivity contribution in [1.82, 2.24) is 10.6 Å². The Bertz CT molecular complexity index is 764. The largest absolute Gasteiger partial charge is 0.481 e. The van der Waals surface area contributed by atoms with Gasteiger partial charge in [-0.2, -0.15) is 0 Å². The molecule has 0 fully saturated rings. The molecule has 2 aromatic rings. The topological polar surface area (TPSA) is 74.5 Å². The molecule has 1 atom stereocenters. The number of carboxylic acids is 1. The Kier molecular flexibility index (Phi) is 4.16. The maximum absolute atomic E-state index is 11.3. The number of furan rings is 1. The molecule has 5 nitrogen and oxygen atoms in total. The Morgan fingerprint density at radius 3 is 2.65 bits per heavy atom. The molecule has 0 radical (unpaired) electrons. The third kappa shape index (κ3) is 3.27. The minimum atomic E-state index is -0.905. The van der Waals surface area contributed by atoms with Gasteiger partial charge in [0.25, 0.3) is 0 Å². The summed E-state index contributed by atoms with van der Waals surface area (Å²) in [5, 5.41) is 15.9. The molecular formula is C17H16N2O3S. The number of rotatable bonds is 4. The minimum absolute atomic E-state index is 0.114. The fourth-order valence-corrected chi connectivity index (χ4v) is 2.84. The molecule has 3 N–H and O–H groups in total. The van der Waals surface area contributed by atoms with Crippen molar-refractivity contribution in [2.45, 2.75) is 19.4 Å². The third-order valence-electron chi connectivity index (χ3n) is 3.69. The van der Waals surface area contributed by atoms with Crippen molar-refractivity contribution < 1.29 is 14.3 Å². The van der Waals surface area contributed by atoms with Crippen LogP contribution in [0, 0.1) is 6.92 Å². The van der Waals surface area contributed by atoms with E-state index in [0.717, 1.165) is 16.8 Å². The number of benzene rings is 1. The normalized spacial score (nSPS) is 17.6. The molecule has 0 spiro atoms. The van der Waals surface area contributed by atoms with Gasteiger partial charge in [0.1, 0.15) is 11.8 Å². The lowest BCUT2D eigenvalue weighted by atomic mass is 9.93. The zero-order chi connectivity index (χ0) is 16.4. The van der Waals surface area contributed by atoms with Crippen molar-refractivity contribution in [3.8, 4) is 0 Å². The van der Waals surface area contributed by atoms with E-state index in [2.05, 4.69) is 10.6 Å². The van der Waals surface area contributed by atoms with Gasteiger partial charge in [-0.05, 0) is 42.4 Å². The molecule has 0 aliphatic carbocycles. The van der Waals surface area contributed by atoms with E-state index < -0.39 is 12.0 Å². The van der Waals surface area contributed by atoms with Crippen LogP contribution in [0.3, 0.4) is 0 Å². The molecule has 3 rings (SSSR count). The first kappa shape index (κ1) is 15.3. The molecule has 23 heavy (non-hydrogen) atoms. The van der Waals surface area contributed by atoms with Crippen molar-refractivity contribution in [3.05, 3.63) is 65.1 Å². The molecule has 0 amide bonds. The van der Waals surface area contributed by atoms with Crippen LogP contribution in [0.25, 0.3) is 5.70 Å². The quantitative estimate of drug-likeness (QED) is 0.749. The van der Waals surface area contributed by atoms with Crippen LogP contribution >= 0.6 is 12.2 Å². The number of nitrogens with one attached hydrogen (secondary N) is 2. The van der Waals surface area contributed by atoms with Crippen LogP contribution < -0.4 is 10.6 Å². The number of hydrogen-bond acceptors (Lipinski definition) is 3. The monoisotopic (exact) mass is 328 g/mol. The highest BCUT2D eigenvalue weighted by Crippen LogP contribution is 2.33. The number of thiocarbonyl (C=S) groups is 1. The standard InChI is InChI=1S/C17H16N2O3S/c1-10-4-6-11(7-5-10)15-12(9-14(20)21)16(19-17(23)18-15)13-3-2-8-22-13/h2-8,16H,9H2,1H3,(H,20,21)(H2,18,19,23). The third-order valence-corrected chi connectivity index (χ3v) is 3.91. The molecule has 1 unspecified atom stereocenters. The van der Waals surface area contributed by atoms with Crippen molar-refractivity contribution >= 4 is 29.0 Å². The first-order chi connectivity index (χ1) is 11.0. The van der Waals surface area contributed by atoms with Gasteiger partial charge in [0.15, 0.2) is 5.11 Å². The van der Waals surface area contributed by atoms with Crippen molar-refractivity contribution in [1.29, 1.82) is 0 Å². The van der Waals surface area contributed by atoms with E-state index in [-0.39, 0.29) is 6.42 Å². The summed E-state index contributed by atoms with van der Waals surface area (Å²) in [4.78, 5) is 11.3. The smallest absolute Gasteiger partial charge is 0.307 e. The average molecular weight is 328 g/mol. The van der Waals surface area contributed by atoms with E-state index in [1.165, 1.54) is 0 Å². The minimum Gasteiger partial charge on any atom is -0.481 e. The Morgan fingerprint density at radius 2 is 2.04 bits per heavy atom. The van der Waals surface area contributed by atoms with Gasteiger partial charge in [-0.1, -0.05) is 29.8 Å². The summed E-state index contributed by atoms with van der Waals surface area (Å²) in [6.45, 7) is 2.00. The van der Waals surface area contributed by atoms with Crippen LogP contribution in [-0.2, 0) is 4.79 Å². The molecule has 0 bridgehead atoms. The summed E-state index contributed by atoms with van der Waals surface area (Å²) in [6.07, 6.45) is 1.45. The zero-order valence-electron chi connectivity index (χ0n) is 12.5. The molecule has 0 saturated heterocycles. The van der Waals surface area contributed by atoms with Gasteiger partial charge in [0.05, 0.1) is 12.7 Å². The van der Waals surface area contributed by atoms with Gasteiger partial charge in [0, 0.05) is 5.70 Å². The maximum atomic E-state index is 11.3. The molecule has 1 aromatic heterocycles. The van der Waals surface area contributed by atoms with Gasteiger partial charge < -0.3 is 20.2 Å². The van der Waals surface area contributed by atoms with Crippen molar-refractivity contribution in [3.63, 3.8) is 0 Å². The van der Waals surface area contributed by atoms with Crippen LogP contribution in [0.1, 0.15) is 29.3 Å². The van der Waals surface area contributed by atoms with E-state index in [1.54, 1.807) is 18.4 Å². The number of aryl methyl sites for hydroxylation is 1. The number of carbonyl (C=O) groups is 1. The van der Waals surface area contributed by atoms with Crippen molar-refractivity contribution in [2.24, 2.45) is 0 Å². The lowest BCUT2D eigenvalue weighted by Crippen LogP contribution is -2.43. The second kappa shape index (κ2) is 6.26. The number of hydrogen-bond donors (Lipinski definition) is 3. The summed E-state index contributed by atoms with van der Waals surface area (Å²) < 4.78 is 5.46. The van der Waals surface area contributed by atoms with Crippen LogP contribution in [0.15, 0.2) is 52.7 Å². The Morgan fingerprint density at radius 1 is 1.30 bits per heavy atom. The highest BCUT2D eigenvalue weighted by molar-refractivity contribution is 7.80. The highest BCUT2D eigenvalue weighted by Gasteiger charge is 2.30. The van der Waals surface area contributed by atoms with E-state index in [0.29, 0.717) is 16.4 Å².